The topological polar surface area (TPSA) is 109 Å². The second-order valence-corrected chi connectivity index (χ2v) is 10.9. The first-order valence-corrected chi connectivity index (χ1v) is 15.6. The second kappa shape index (κ2) is 15.5. The summed E-state index contributed by atoms with van der Waals surface area (Å²) in [5.41, 5.74) is 3.32. The summed E-state index contributed by atoms with van der Waals surface area (Å²) in [4.78, 5) is 34.7. The largest absolute Gasteiger partial charge is 0.483 e. The highest BCUT2D eigenvalue weighted by atomic mass is 35.5. The maximum Gasteiger partial charge on any atom is 0.290 e. The van der Waals surface area contributed by atoms with Gasteiger partial charge in [-0.3, -0.25) is 14.2 Å². The van der Waals surface area contributed by atoms with Crippen LogP contribution in [0.2, 0.25) is 5.02 Å². The molecule has 1 aromatic carbocycles. The average molecular weight is 616 g/mol. The molecule has 0 amide bonds. The minimum Gasteiger partial charge on any atom is -0.483 e. The van der Waals surface area contributed by atoms with E-state index in [2.05, 4.69) is 28.0 Å². The van der Waals surface area contributed by atoms with E-state index in [-0.39, 0.29) is 12.0 Å². The molecular weight excluding hydrogens is 582 g/mol. The zero-order valence-corrected chi connectivity index (χ0v) is 26.1. The van der Waals surface area contributed by atoms with Crippen LogP contribution in [0, 0.1) is 0 Å². The Kier molecular flexibility index (Phi) is 12.1. The SMILES string of the molecule is CCc1c(/C=C/N(C)C)nc(SC)nc1N1CCC1.CSc1nn2ccc(Cl)c2c(=O)n1-c1ccccc1.O=CO. The predicted molar refractivity (Wildman–Crippen MR) is 169 cm³/mol. The van der Waals surface area contributed by atoms with Crippen LogP contribution in [-0.2, 0) is 11.2 Å². The highest BCUT2D eigenvalue weighted by molar-refractivity contribution is 7.98. The molecule has 0 atom stereocenters. The number of benzene rings is 1. The van der Waals surface area contributed by atoms with Crippen LogP contribution in [0.25, 0.3) is 17.3 Å². The van der Waals surface area contributed by atoms with Gasteiger partial charge in [0.25, 0.3) is 12.0 Å². The maximum atomic E-state index is 12.6. The first kappa shape index (κ1) is 32.0. The first-order valence-electron chi connectivity index (χ1n) is 12.8. The van der Waals surface area contributed by atoms with Crippen LogP contribution in [0.3, 0.4) is 0 Å². The quantitative estimate of drug-likeness (QED) is 0.172. The molecule has 1 aliphatic heterocycles. The van der Waals surface area contributed by atoms with Gasteiger partial charge in [0.1, 0.15) is 11.3 Å². The molecule has 41 heavy (non-hydrogen) atoms. The smallest absolute Gasteiger partial charge is 0.290 e. The van der Waals surface area contributed by atoms with Crippen LogP contribution in [0.4, 0.5) is 5.82 Å². The number of nitrogens with zero attached hydrogens (tertiary/aromatic N) is 7. The molecule has 0 unspecified atom stereocenters. The molecule has 0 aliphatic carbocycles. The fourth-order valence-corrected chi connectivity index (χ4v) is 5.13. The summed E-state index contributed by atoms with van der Waals surface area (Å²) in [7, 11) is 4.05. The van der Waals surface area contributed by atoms with Gasteiger partial charge < -0.3 is 14.9 Å². The Morgan fingerprint density at radius 3 is 2.32 bits per heavy atom. The van der Waals surface area contributed by atoms with Crippen molar-refractivity contribution in [2.24, 2.45) is 0 Å². The number of fused-ring (bicyclic) bond motifs is 1. The summed E-state index contributed by atoms with van der Waals surface area (Å²) in [6, 6.07) is 11.1. The lowest BCUT2D eigenvalue weighted by atomic mass is 10.1. The number of anilines is 1. The van der Waals surface area contributed by atoms with Crippen molar-refractivity contribution in [3.05, 3.63) is 75.4 Å². The fourth-order valence-electron chi connectivity index (χ4n) is 3.99. The Morgan fingerprint density at radius 1 is 1.10 bits per heavy atom. The number of halogens is 1. The molecule has 218 valence electrons. The number of carboxylic acid groups (broad SMARTS) is 1. The lowest BCUT2D eigenvalue weighted by molar-refractivity contribution is -0.122. The molecule has 1 saturated heterocycles. The number of rotatable bonds is 7. The zero-order chi connectivity index (χ0) is 29.9. The van der Waals surface area contributed by atoms with Crippen molar-refractivity contribution in [2.75, 3.05) is 44.6 Å². The van der Waals surface area contributed by atoms with E-state index in [1.807, 2.05) is 68.0 Å². The molecule has 3 aromatic heterocycles. The maximum absolute atomic E-state index is 12.6. The van der Waals surface area contributed by atoms with Crippen molar-refractivity contribution < 1.29 is 9.90 Å². The van der Waals surface area contributed by atoms with Crippen molar-refractivity contribution in [3.8, 4) is 5.69 Å². The third kappa shape index (κ3) is 7.84. The van der Waals surface area contributed by atoms with Gasteiger partial charge in [-0.25, -0.2) is 14.5 Å². The monoisotopic (exact) mass is 615 g/mol. The van der Waals surface area contributed by atoms with Crippen LogP contribution >= 0.6 is 35.1 Å². The van der Waals surface area contributed by atoms with Gasteiger partial charge in [0.2, 0.25) is 0 Å². The molecule has 4 aromatic rings. The van der Waals surface area contributed by atoms with E-state index >= 15 is 0 Å². The minimum atomic E-state index is -0.250. The Morgan fingerprint density at radius 2 is 1.78 bits per heavy atom. The standard InChI is InChI=1S/C14H22N4S.C13H10ClN3OS.CH2O2/c1-5-11-12(7-10-17(2)3)15-14(19-4)16-13(11)18-8-6-9-18;1-19-13-15-16-8-7-10(14)11(16)12(18)17(13)9-5-3-2-4-6-9;2-1-3/h7,10H,5-6,8-9H2,1-4H3;2-8H,1H3;1H,(H,2,3)/b10-7+;;. The molecule has 13 heteroatoms. The summed E-state index contributed by atoms with van der Waals surface area (Å²) < 4.78 is 3.10. The number of thioether (sulfide) groups is 2. The lowest BCUT2D eigenvalue weighted by Gasteiger charge is -2.34. The molecule has 5 rings (SSSR count). The number of para-hydroxylation sites is 1. The van der Waals surface area contributed by atoms with Gasteiger partial charge in [-0.05, 0) is 49.6 Å². The van der Waals surface area contributed by atoms with E-state index in [1.165, 1.54) is 28.3 Å². The summed E-state index contributed by atoms with van der Waals surface area (Å²) >= 11 is 9.07. The molecular formula is C28H34ClN7O3S2. The predicted octanol–water partition coefficient (Wildman–Crippen LogP) is 5.06. The molecule has 10 nitrogen and oxygen atoms in total. The van der Waals surface area contributed by atoms with Crippen LogP contribution in [-0.4, -0.2) is 80.3 Å². The minimum absolute atomic E-state index is 0.166. The average Bonchev–Trinajstić information content (AvgIpc) is 3.32. The van der Waals surface area contributed by atoms with Crippen LogP contribution in [0.5, 0.6) is 0 Å². The first-order chi connectivity index (χ1) is 19.8. The van der Waals surface area contributed by atoms with Gasteiger partial charge in [-0.15, -0.1) is 5.10 Å². The highest BCUT2D eigenvalue weighted by Gasteiger charge is 2.21. The lowest BCUT2D eigenvalue weighted by Crippen LogP contribution is -2.38. The molecule has 0 bridgehead atoms. The molecule has 0 saturated carbocycles. The van der Waals surface area contributed by atoms with E-state index in [0.29, 0.717) is 15.7 Å². The summed E-state index contributed by atoms with van der Waals surface area (Å²) in [6.45, 7) is 4.16. The zero-order valence-electron chi connectivity index (χ0n) is 23.7. The second-order valence-electron chi connectivity index (χ2n) is 8.90. The number of hydrogen-bond acceptors (Lipinski definition) is 9. The summed E-state index contributed by atoms with van der Waals surface area (Å²) in [6.07, 6.45) is 12.0. The van der Waals surface area contributed by atoms with Gasteiger partial charge in [0, 0.05) is 45.1 Å². The van der Waals surface area contributed by atoms with Gasteiger partial charge in [-0.2, -0.15) is 0 Å². The van der Waals surface area contributed by atoms with Crippen LogP contribution < -0.4 is 10.5 Å². The molecule has 4 heterocycles. The summed E-state index contributed by atoms with van der Waals surface area (Å²) in [5.74, 6) is 1.13. The van der Waals surface area contributed by atoms with Crippen LogP contribution in [0.15, 0.2) is 63.9 Å². The normalized spacial score (nSPS) is 12.3. The Bertz CT molecular complexity index is 1540. The van der Waals surface area contributed by atoms with Crippen molar-refractivity contribution in [3.63, 3.8) is 0 Å². The molecule has 0 spiro atoms. The van der Waals surface area contributed by atoms with E-state index in [1.54, 1.807) is 28.6 Å². The van der Waals surface area contributed by atoms with Gasteiger partial charge >= 0.3 is 0 Å². The van der Waals surface area contributed by atoms with Crippen molar-refractivity contribution in [1.29, 1.82) is 0 Å². The molecule has 1 fully saturated rings. The Labute approximate surface area is 253 Å². The Balaban J connectivity index is 0.000000206. The highest BCUT2D eigenvalue weighted by Crippen LogP contribution is 2.28. The molecule has 1 aliphatic rings. The molecule has 1 N–H and O–H groups in total. The number of aromatic nitrogens is 5. The van der Waals surface area contributed by atoms with Crippen molar-refractivity contribution >= 4 is 59.0 Å². The van der Waals surface area contributed by atoms with E-state index in [9.17, 15) is 4.79 Å². The third-order valence-corrected chi connectivity index (χ3v) is 7.51. The Hall–Kier alpha value is -3.48. The van der Waals surface area contributed by atoms with E-state index in [0.717, 1.165) is 41.9 Å². The van der Waals surface area contributed by atoms with Gasteiger partial charge in [-0.1, -0.05) is 60.2 Å². The van der Waals surface area contributed by atoms with Gasteiger partial charge in [0.15, 0.2) is 10.3 Å². The third-order valence-electron chi connectivity index (χ3n) is 6.02. The van der Waals surface area contributed by atoms with E-state index < -0.39 is 0 Å². The van der Waals surface area contributed by atoms with Gasteiger partial charge in [0.05, 0.1) is 16.4 Å². The van der Waals surface area contributed by atoms with E-state index in [4.69, 9.17) is 26.5 Å². The van der Waals surface area contributed by atoms with Crippen molar-refractivity contribution in [2.45, 2.75) is 30.1 Å². The fraction of sp³-hybridized carbons (Fsp3) is 0.321. The number of hydrogen-bond donors (Lipinski definition) is 1. The van der Waals surface area contributed by atoms with Crippen molar-refractivity contribution in [1.82, 2.24) is 29.0 Å². The summed E-state index contributed by atoms with van der Waals surface area (Å²) in [5, 5.41) is 13.2. The van der Waals surface area contributed by atoms with Crippen LogP contribution in [0.1, 0.15) is 24.6 Å². The molecule has 0 radical (unpaired) electrons. The number of carbonyl (C=O) groups is 1.